The molecule has 6 heterocycles. The third-order valence-electron chi connectivity index (χ3n) is 10.2. The number of amides is 2. The lowest BCUT2D eigenvalue weighted by molar-refractivity contribution is -0.129. The van der Waals surface area contributed by atoms with Gasteiger partial charge in [-0.25, -0.2) is 4.79 Å². The molecule has 4 aromatic rings. The van der Waals surface area contributed by atoms with Crippen molar-refractivity contribution in [1.82, 2.24) is 39.2 Å². The van der Waals surface area contributed by atoms with Gasteiger partial charge in [0.1, 0.15) is 5.60 Å². The first-order chi connectivity index (χ1) is 23.0. The van der Waals surface area contributed by atoms with Crippen LogP contribution in [0.4, 0.5) is 4.79 Å². The molecule has 0 N–H and O–H groups in total. The summed E-state index contributed by atoms with van der Waals surface area (Å²) in [6, 6.07) is 8.82. The van der Waals surface area contributed by atoms with Gasteiger partial charge in [0.25, 0.3) is 0 Å². The first-order valence-electron chi connectivity index (χ1n) is 17.5. The molecule has 0 atom stereocenters. The quantitative estimate of drug-likeness (QED) is 0.273. The van der Waals surface area contributed by atoms with Crippen LogP contribution >= 0.6 is 0 Å². The van der Waals surface area contributed by atoms with E-state index in [1.54, 1.807) is 11.6 Å². The van der Waals surface area contributed by atoms with Crippen molar-refractivity contribution in [3.63, 3.8) is 0 Å². The van der Waals surface area contributed by atoms with Gasteiger partial charge >= 0.3 is 6.09 Å². The Labute approximate surface area is 282 Å². The van der Waals surface area contributed by atoms with Crippen molar-refractivity contribution in [1.29, 1.82) is 0 Å². The lowest BCUT2D eigenvalue weighted by Gasteiger charge is -2.38. The van der Waals surface area contributed by atoms with Crippen LogP contribution in [0, 0.1) is 5.92 Å². The van der Waals surface area contributed by atoms with Gasteiger partial charge in [-0.2, -0.15) is 10.2 Å². The number of piperidine rings is 2. The van der Waals surface area contributed by atoms with E-state index >= 15 is 0 Å². The molecule has 3 aliphatic rings. The predicted molar refractivity (Wildman–Crippen MR) is 185 cm³/mol. The molecule has 0 radical (unpaired) electrons. The molecule has 3 aliphatic heterocycles. The van der Waals surface area contributed by atoms with Crippen LogP contribution in [0.3, 0.4) is 0 Å². The molecular weight excluding hydrogens is 604 g/mol. The maximum Gasteiger partial charge on any atom is 0.410 e. The summed E-state index contributed by atoms with van der Waals surface area (Å²) in [6.07, 6.45) is 10.5. The van der Waals surface area contributed by atoms with Gasteiger partial charge in [0.2, 0.25) is 5.91 Å². The van der Waals surface area contributed by atoms with E-state index in [1.807, 2.05) is 56.2 Å². The van der Waals surface area contributed by atoms with Crippen LogP contribution in [0.25, 0.3) is 33.3 Å². The minimum absolute atomic E-state index is 0.102. The summed E-state index contributed by atoms with van der Waals surface area (Å²) in [5, 5.41) is 11.9. The number of carbonyl (C=O) groups excluding carboxylic acids is 2. The van der Waals surface area contributed by atoms with Crippen molar-refractivity contribution in [3.8, 4) is 22.5 Å². The van der Waals surface area contributed by atoms with Crippen molar-refractivity contribution in [2.75, 3.05) is 39.3 Å². The van der Waals surface area contributed by atoms with Gasteiger partial charge in [0.15, 0.2) is 0 Å². The van der Waals surface area contributed by atoms with Crippen LogP contribution in [-0.2, 0) is 29.5 Å². The van der Waals surface area contributed by atoms with Crippen LogP contribution in [-0.4, -0.2) is 96.1 Å². The van der Waals surface area contributed by atoms with E-state index in [4.69, 9.17) is 14.8 Å². The van der Waals surface area contributed by atoms with Gasteiger partial charge in [-0.05, 0) is 63.8 Å². The SMILES string of the molecule is CC(=O)N1CCc2c(c(-c3cccc4cc(-c5cnn(C)c5)ncc34)nn2C2CCN(CC3CCN(C(=O)OC(C)(C)C)CC3)CC2)C1. The lowest BCUT2D eigenvalue weighted by atomic mass is 9.94. The van der Waals surface area contributed by atoms with E-state index in [2.05, 4.69) is 38.9 Å². The molecule has 2 amide bonds. The maximum absolute atomic E-state index is 12.5. The zero-order valence-corrected chi connectivity index (χ0v) is 29.0. The van der Waals surface area contributed by atoms with Gasteiger partial charge in [0.05, 0.1) is 23.6 Å². The topological polar surface area (TPSA) is 102 Å². The average Bonchev–Trinajstić information content (AvgIpc) is 3.67. The summed E-state index contributed by atoms with van der Waals surface area (Å²) >= 11 is 0. The van der Waals surface area contributed by atoms with Gasteiger partial charge in [-0.1, -0.05) is 18.2 Å². The van der Waals surface area contributed by atoms with Gasteiger partial charge in [-0.15, -0.1) is 0 Å². The Morgan fingerprint density at radius 3 is 2.44 bits per heavy atom. The third kappa shape index (κ3) is 6.70. The molecule has 0 spiro atoms. The van der Waals surface area contributed by atoms with Crippen LogP contribution in [0.5, 0.6) is 0 Å². The third-order valence-corrected chi connectivity index (χ3v) is 10.2. The van der Waals surface area contributed by atoms with Crippen molar-refractivity contribution < 1.29 is 14.3 Å². The summed E-state index contributed by atoms with van der Waals surface area (Å²) in [5.74, 6) is 0.700. The van der Waals surface area contributed by atoms with E-state index in [9.17, 15) is 9.59 Å². The second-order valence-electron chi connectivity index (χ2n) is 14.9. The van der Waals surface area contributed by atoms with Crippen LogP contribution in [0.2, 0.25) is 0 Å². The molecule has 11 nitrogen and oxygen atoms in total. The summed E-state index contributed by atoms with van der Waals surface area (Å²) < 4.78 is 9.69. The Kier molecular flexibility index (Phi) is 8.74. The molecule has 0 unspecified atom stereocenters. The van der Waals surface area contributed by atoms with E-state index in [0.29, 0.717) is 18.5 Å². The van der Waals surface area contributed by atoms with Gasteiger partial charge in [0, 0.05) is 106 Å². The highest BCUT2D eigenvalue weighted by molar-refractivity contribution is 5.97. The number of nitrogens with zero attached hydrogens (tertiary/aromatic N) is 8. The summed E-state index contributed by atoms with van der Waals surface area (Å²) in [4.78, 5) is 36.3. The van der Waals surface area contributed by atoms with E-state index in [1.165, 1.54) is 11.3 Å². The second kappa shape index (κ2) is 13.0. The summed E-state index contributed by atoms with van der Waals surface area (Å²) in [6.45, 7) is 13.4. The Morgan fingerprint density at radius 1 is 0.979 bits per heavy atom. The van der Waals surface area contributed by atoms with E-state index in [0.717, 1.165) is 105 Å². The van der Waals surface area contributed by atoms with Crippen LogP contribution in [0.15, 0.2) is 42.9 Å². The summed E-state index contributed by atoms with van der Waals surface area (Å²) in [7, 11) is 1.91. The van der Waals surface area contributed by atoms with Crippen molar-refractivity contribution in [2.45, 2.75) is 78.0 Å². The molecule has 254 valence electrons. The number of rotatable bonds is 5. The number of aryl methyl sites for hydroxylation is 1. The molecule has 2 fully saturated rings. The molecule has 0 saturated carbocycles. The minimum Gasteiger partial charge on any atom is -0.444 e. The Bertz CT molecular complexity index is 1800. The highest BCUT2D eigenvalue weighted by Crippen LogP contribution is 2.38. The molecule has 48 heavy (non-hydrogen) atoms. The van der Waals surface area contributed by atoms with Crippen molar-refractivity contribution in [3.05, 3.63) is 54.1 Å². The number of ether oxygens (including phenoxy) is 1. The number of aromatic nitrogens is 5. The number of likely N-dealkylation sites (tertiary alicyclic amines) is 2. The second-order valence-corrected chi connectivity index (χ2v) is 14.9. The fourth-order valence-corrected chi connectivity index (χ4v) is 7.66. The van der Waals surface area contributed by atoms with Gasteiger partial charge < -0.3 is 19.4 Å². The molecule has 0 aliphatic carbocycles. The van der Waals surface area contributed by atoms with E-state index in [-0.39, 0.29) is 12.0 Å². The Balaban J connectivity index is 1.08. The molecule has 3 aromatic heterocycles. The zero-order valence-electron chi connectivity index (χ0n) is 29.0. The largest absolute Gasteiger partial charge is 0.444 e. The highest BCUT2D eigenvalue weighted by Gasteiger charge is 2.33. The smallest absolute Gasteiger partial charge is 0.410 e. The molecular formula is C37H48N8O3. The average molecular weight is 653 g/mol. The van der Waals surface area contributed by atoms with E-state index < -0.39 is 5.60 Å². The minimum atomic E-state index is -0.462. The summed E-state index contributed by atoms with van der Waals surface area (Å²) in [5.41, 5.74) is 5.89. The van der Waals surface area contributed by atoms with Crippen molar-refractivity contribution >= 4 is 22.8 Å². The number of fused-ring (bicyclic) bond motifs is 2. The number of benzene rings is 1. The molecule has 2 saturated heterocycles. The molecule has 0 bridgehead atoms. The standard InChI is InChI=1S/C37H48N8O3/c1-25(46)44-18-13-34-32(24-44)35(30-8-6-7-27-19-33(38-21-31(27)30)28-20-39-41(5)23-28)40-45(34)29-11-14-42(15-12-29)22-26-9-16-43(17-10-26)36(47)48-37(2,3)4/h6-8,19-21,23,26,29H,9-18,22,24H2,1-5H3. The van der Waals surface area contributed by atoms with Crippen LogP contribution < -0.4 is 0 Å². The van der Waals surface area contributed by atoms with Gasteiger partial charge in [-0.3, -0.25) is 19.1 Å². The predicted octanol–water partition coefficient (Wildman–Crippen LogP) is 5.69. The first kappa shape index (κ1) is 32.3. The fraction of sp³-hybridized carbons (Fsp3) is 0.541. The highest BCUT2D eigenvalue weighted by atomic mass is 16.6. The Hall–Kier alpha value is -4.25. The van der Waals surface area contributed by atoms with Crippen molar-refractivity contribution in [2.24, 2.45) is 13.0 Å². The molecule has 1 aromatic carbocycles. The monoisotopic (exact) mass is 652 g/mol. The number of hydrogen-bond acceptors (Lipinski definition) is 7. The number of carbonyl (C=O) groups is 2. The normalized spacial score (nSPS) is 18.4. The number of pyridine rings is 1. The lowest BCUT2D eigenvalue weighted by Crippen LogP contribution is -2.45. The Morgan fingerprint density at radius 2 is 1.75 bits per heavy atom. The molecule has 7 rings (SSSR count). The number of hydrogen-bond donors (Lipinski definition) is 0. The maximum atomic E-state index is 12.5. The fourth-order valence-electron chi connectivity index (χ4n) is 7.66. The zero-order chi connectivity index (χ0) is 33.6. The molecule has 11 heteroatoms. The first-order valence-corrected chi connectivity index (χ1v) is 17.5. The van der Waals surface area contributed by atoms with Crippen LogP contribution in [0.1, 0.15) is 70.7 Å².